The van der Waals surface area contributed by atoms with Crippen LogP contribution in [-0.4, -0.2) is 74.5 Å². The number of nitrogens with one attached hydrogen (secondary N) is 2. The third-order valence-corrected chi connectivity index (χ3v) is 6.70. The number of guanidine groups is 1. The highest BCUT2D eigenvalue weighted by Crippen LogP contribution is 2.28. The van der Waals surface area contributed by atoms with Crippen molar-refractivity contribution in [2.75, 3.05) is 5.32 Å². The maximum Gasteiger partial charge on any atom is 0.490 e. The molecule has 1 amide bonds. The zero-order chi connectivity index (χ0) is 36.1. The maximum atomic E-state index is 13.0. The lowest BCUT2D eigenvalue weighted by atomic mass is 9.90. The Hall–Kier alpha value is -4.38. The number of alkyl halides is 6. The number of nitrogens with zero attached hydrogens (tertiary/aromatic N) is 3. The van der Waals surface area contributed by atoms with Crippen molar-refractivity contribution in [1.82, 2.24) is 15.3 Å². The number of amides is 1. The molecule has 0 spiro atoms. The molecule has 8 N–H and O–H groups in total. The molecule has 12 nitrogen and oxygen atoms in total. The first kappa shape index (κ1) is 40.6. The van der Waals surface area contributed by atoms with Crippen molar-refractivity contribution in [2.24, 2.45) is 22.4 Å². The van der Waals surface area contributed by atoms with Crippen LogP contribution >= 0.6 is 0 Å². The van der Waals surface area contributed by atoms with E-state index >= 15 is 0 Å². The number of hydrogen-bond acceptors (Lipinski definition) is 7. The van der Waals surface area contributed by atoms with Gasteiger partial charge < -0.3 is 32.3 Å². The number of carboxylic acids is 2. The Morgan fingerprint density at radius 2 is 1.51 bits per heavy atom. The number of aromatic nitrogens is 2. The molecule has 0 bridgehead atoms. The molecule has 1 heterocycles. The van der Waals surface area contributed by atoms with E-state index in [0.717, 1.165) is 61.4 Å². The molecule has 1 aliphatic carbocycles. The fourth-order valence-electron chi connectivity index (χ4n) is 4.45. The summed E-state index contributed by atoms with van der Waals surface area (Å²) in [5.41, 5.74) is 13.2. The highest BCUT2D eigenvalue weighted by atomic mass is 19.4. The Morgan fingerprint density at radius 3 is 2.02 bits per heavy atom. The number of aryl methyl sites for hydroxylation is 1. The molecule has 0 aliphatic heterocycles. The van der Waals surface area contributed by atoms with Gasteiger partial charge in [0.25, 0.3) is 5.91 Å². The smallest absolute Gasteiger partial charge is 0.475 e. The lowest BCUT2D eigenvalue weighted by Crippen LogP contribution is -2.39. The summed E-state index contributed by atoms with van der Waals surface area (Å²) < 4.78 is 63.5. The minimum Gasteiger partial charge on any atom is -0.475 e. The van der Waals surface area contributed by atoms with Crippen LogP contribution in [0.2, 0.25) is 0 Å². The minimum absolute atomic E-state index is 0.0168. The molecular formula is C29H41F6N7O5. The van der Waals surface area contributed by atoms with E-state index in [0.29, 0.717) is 11.7 Å². The topological polar surface area (TPSA) is 206 Å². The molecule has 0 saturated heterocycles. The van der Waals surface area contributed by atoms with Crippen molar-refractivity contribution in [3.63, 3.8) is 0 Å². The van der Waals surface area contributed by atoms with E-state index in [2.05, 4.69) is 39.4 Å². The molecular weight excluding hydrogens is 640 g/mol. The molecule has 1 saturated carbocycles. The quantitative estimate of drug-likeness (QED) is 0.117. The van der Waals surface area contributed by atoms with Crippen LogP contribution in [0.15, 0.2) is 23.2 Å². The number of benzene rings is 1. The Morgan fingerprint density at radius 1 is 0.957 bits per heavy atom. The van der Waals surface area contributed by atoms with Gasteiger partial charge in [-0.1, -0.05) is 51.2 Å². The molecule has 3 rings (SSSR count). The molecule has 264 valence electrons. The lowest BCUT2D eigenvalue weighted by molar-refractivity contribution is -0.193. The first-order valence-electron chi connectivity index (χ1n) is 14.7. The van der Waals surface area contributed by atoms with Gasteiger partial charge in [-0.15, -0.1) is 0 Å². The van der Waals surface area contributed by atoms with Gasteiger partial charge in [-0.2, -0.15) is 26.3 Å². The highest BCUT2D eigenvalue weighted by molar-refractivity contribution is 5.96. The summed E-state index contributed by atoms with van der Waals surface area (Å²) in [5.74, 6) is -4.16. The van der Waals surface area contributed by atoms with Crippen LogP contribution in [-0.2, 0) is 9.59 Å². The van der Waals surface area contributed by atoms with E-state index in [1.54, 1.807) is 0 Å². The zero-order valence-corrected chi connectivity index (χ0v) is 26.4. The average Bonchev–Trinajstić information content (AvgIpc) is 2.93. The predicted octanol–water partition coefficient (Wildman–Crippen LogP) is 5.15. The summed E-state index contributed by atoms with van der Waals surface area (Å²) in [6.07, 6.45) is -2.96. The van der Waals surface area contributed by atoms with Crippen molar-refractivity contribution < 1.29 is 50.9 Å². The van der Waals surface area contributed by atoms with E-state index in [1.807, 2.05) is 32.0 Å². The van der Waals surface area contributed by atoms with E-state index in [4.69, 9.17) is 31.3 Å². The molecule has 3 unspecified atom stereocenters. The third kappa shape index (κ3) is 15.2. The number of halogens is 6. The molecule has 18 heteroatoms. The number of carbonyl (C=O) groups is 3. The monoisotopic (exact) mass is 681 g/mol. The van der Waals surface area contributed by atoms with Gasteiger partial charge in [0.05, 0.1) is 17.6 Å². The molecule has 2 aromatic rings. The molecule has 3 atom stereocenters. The van der Waals surface area contributed by atoms with Crippen molar-refractivity contribution in [2.45, 2.75) is 103 Å². The number of aliphatic imine (C=N–C) groups is 1. The van der Waals surface area contributed by atoms with Crippen LogP contribution in [0.25, 0.3) is 10.9 Å². The fraction of sp³-hybridized carbons (Fsp3) is 0.586. The number of rotatable bonds is 9. The average molecular weight is 682 g/mol. The minimum atomic E-state index is -5.08. The first-order valence-corrected chi connectivity index (χ1v) is 14.7. The molecule has 47 heavy (non-hydrogen) atoms. The Balaban J connectivity index is 0.000000658. The van der Waals surface area contributed by atoms with Gasteiger partial charge in [0, 0.05) is 11.4 Å². The second kappa shape index (κ2) is 18.1. The Bertz CT molecular complexity index is 1360. The van der Waals surface area contributed by atoms with E-state index in [-0.39, 0.29) is 35.8 Å². The maximum absolute atomic E-state index is 13.0. The number of aliphatic carboxylic acids is 2. The van der Waals surface area contributed by atoms with Gasteiger partial charge in [0.1, 0.15) is 5.82 Å². The number of carboxylic acid groups (broad SMARTS) is 2. The van der Waals surface area contributed by atoms with Crippen molar-refractivity contribution in [1.29, 1.82) is 0 Å². The number of fused-ring (bicyclic) bond motifs is 1. The molecule has 1 aromatic heterocycles. The lowest BCUT2D eigenvalue weighted by Gasteiger charge is -2.30. The van der Waals surface area contributed by atoms with Gasteiger partial charge in [0.15, 0.2) is 5.96 Å². The second-order valence-electron chi connectivity index (χ2n) is 11.4. The van der Waals surface area contributed by atoms with Crippen molar-refractivity contribution >= 4 is 40.5 Å². The summed E-state index contributed by atoms with van der Waals surface area (Å²) in [4.78, 5) is 44.5. The fourth-order valence-corrected chi connectivity index (χ4v) is 4.45. The summed E-state index contributed by atoms with van der Waals surface area (Å²) in [5, 5.41) is 21.8. The Labute approximate surface area is 267 Å². The number of anilines is 1. The molecule has 1 fully saturated rings. The van der Waals surface area contributed by atoms with E-state index < -0.39 is 24.3 Å². The molecule has 1 aromatic carbocycles. The van der Waals surface area contributed by atoms with Crippen LogP contribution in [0, 0.1) is 12.8 Å². The number of carbonyl (C=O) groups excluding carboxylic acids is 1. The van der Waals surface area contributed by atoms with Crippen LogP contribution in [0.1, 0.15) is 81.9 Å². The SMILES string of the molecule is Cc1ccc2nc(C(=O)NC(C)CCCC(C)C)nc(NC3CCCCC3N=C(N)N)c2c1.O=C(O)C(F)(F)F.O=C(O)C(F)(F)F. The first-order chi connectivity index (χ1) is 21.6. The highest BCUT2D eigenvalue weighted by Gasteiger charge is 2.39. The van der Waals surface area contributed by atoms with Crippen LogP contribution in [0.3, 0.4) is 0 Å². The largest absolute Gasteiger partial charge is 0.490 e. The normalized spacial score (nSPS) is 16.9. The summed E-state index contributed by atoms with van der Waals surface area (Å²) in [6.45, 7) is 8.49. The number of hydrogen-bond donors (Lipinski definition) is 6. The van der Waals surface area contributed by atoms with Crippen LogP contribution in [0.5, 0.6) is 0 Å². The van der Waals surface area contributed by atoms with Crippen LogP contribution < -0.4 is 22.1 Å². The van der Waals surface area contributed by atoms with E-state index in [9.17, 15) is 31.1 Å². The summed E-state index contributed by atoms with van der Waals surface area (Å²) in [7, 11) is 0. The van der Waals surface area contributed by atoms with Gasteiger partial charge in [-0.05, 0) is 51.2 Å². The van der Waals surface area contributed by atoms with E-state index in [1.165, 1.54) is 0 Å². The van der Waals surface area contributed by atoms with Gasteiger partial charge in [-0.25, -0.2) is 24.5 Å². The second-order valence-corrected chi connectivity index (χ2v) is 11.4. The summed E-state index contributed by atoms with van der Waals surface area (Å²) in [6, 6.07) is 6.08. The van der Waals surface area contributed by atoms with Crippen molar-refractivity contribution in [3.05, 3.63) is 29.6 Å². The predicted molar refractivity (Wildman–Crippen MR) is 163 cm³/mol. The standard InChI is InChI=1S/C25H39N7O.2C2HF3O2/c1-15(2)8-7-9-17(4)28-24(33)23-29-19-13-12-16(3)14-18(19)22(32-23)30-20-10-5-6-11-21(20)31-25(26)27;2*3-2(4,5)1(6)7/h12-15,17,20-21H,5-11H2,1-4H3,(H,28,33)(H4,26,27,31)(H,29,30,32);2*(H,6,7). The third-order valence-electron chi connectivity index (χ3n) is 6.70. The van der Waals surface area contributed by atoms with Crippen LogP contribution in [0.4, 0.5) is 32.2 Å². The van der Waals surface area contributed by atoms with Gasteiger partial charge in [-0.3, -0.25) is 4.79 Å². The van der Waals surface area contributed by atoms with Gasteiger partial charge >= 0.3 is 24.3 Å². The number of nitrogens with two attached hydrogens (primary N) is 2. The van der Waals surface area contributed by atoms with Crippen molar-refractivity contribution in [3.8, 4) is 0 Å². The Kier molecular flexibility index (Phi) is 15.6. The zero-order valence-electron chi connectivity index (χ0n) is 26.4. The molecule has 1 aliphatic rings. The molecule has 0 radical (unpaired) electrons. The summed E-state index contributed by atoms with van der Waals surface area (Å²) >= 11 is 0. The van der Waals surface area contributed by atoms with Gasteiger partial charge in [0.2, 0.25) is 5.82 Å².